The first kappa shape index (κ1) is 36.0. The average molecular weight is 748 g/mol. The van der Waals surface area contributed by atoms with Gasteiger partial charge in [0.05, 0.1) is 20.6 Å². The van der Waals surface area contributed by atoms with E-state index in [0.29, 0.717) is 15.6 Å². The van der Waals surface area contributed by atoms with Gasteiger partial charge in [0.1, 0.15) is 12.6 Å². The molecular weight excluding hydrogens is 712 g/mol. The van der Waals surface area contributed by atoms with Crippen molar-refractivity contribution >= 4 is 73.9 Å². The molecule has 0 aromatic heterocycles. The minimum Gasteiger partial charge on any atom is -0.352 e. The van der Waals surface area contributed by atoms with Gasteiger partial charge in [-0.15, -0.1) is 0 Å². The van der Waals surface area contributed by atoms with Crippen LogP contribution in [0, 0.1) is 0 Å². The van der Waals surface area contributed by atoms with Crippen LogP contribution in [0.2, 0.25) is 20.1 Å². The molecule has 1 aliphatic rings. The normalized spacial score (nSPS) is 14.2. The molecule has 1 aliphatic carbocycles. The van der Waals surface area contributed by atoms with E-state index in [9.17, 15) is 18.0 Å². The number of benzene rings is 4. The highest BCUT2D eigenvalue weighted by Gasteiger charge is 2.36. The van der Waals surface area contributed by atoms with E-state index in [1.807, 2.05) is 30.3 Å². The highest BCUT2D eigenvalue weighted by atomic mass is 35.5. The van der Waals surface area contributed by atoms with Crippen molar-refractivity contribution in [3.8, 4) is 0 Å². The van der Waals surface area contributed by atoms with Gasteiger partial charge in [0.25, 0.3) is 10.0 Å². The van der Waals surface area contributed by atoms with Crippen molar-refractivity contribution in [3.63, 3.8) is 0 Å². The van der Waals surface area contributed by atoms with E-state index in [0.717, 1.165) is 42.0 Å². The third-order valence-corrected chi connectivity index (χ3v) is 11.7. The van der Waals surface area contributed by atoms with Crippen LogP contribution in [0.15, 0.2) is 102 Å². The molecule has 0 aliphatic heterocycles. The quantitative estimate of drug-likeness (QED) is 0.157. The summed E-state index contributed by atoms with van der Waals surface area (Å²) in [6.07, 6.45) is 4.94. The Morgan fingerprint density at radius 2 is 1.33 bits per heavy atom. The highest BCUT2D eigenvalue weighted by Crippen LogP contribution is 2.36. The number of amides is 2. The van der Waals surface area contributed by atoms with Crippen molar-refractivity contribution in [2.75, 3.05) is 10.8 Å². The smallest absolute Gasteiger partial charge is 0.264 e. The third kappa shape index (κ3) is 8.65. The Hall–Kier alpha value is -3.27. The van der Waals surface area contributed by atoms with E-state index in [4.69, 9.17) is 46.4 Å². The maximum Gasteiger partial charge on any atom is 0.264 e. The number of halogens is 4. The molecule has 0 unspecified atom stereocenters. The number of carbonyl (C=O) groups is 2. The van der Waals surface area contributed by atoms with Crippen molar-refractivity contribution in [1.82, 2.24) is 10.2 Å². The molecule has 1 N–H and O–H groups in total. The predicted molar refractivity (Wildman–Crippen MR) is 193 cm³/mol. The molecule has 1 atom stereocenters. The molecule has 0 spiro atoms. The molecule has 252 valence electrons. The molecule has 0 heterocycles. The Morgan fingerprint density at radius 1 is 0.750 bits per heavy atom. The monoisotopic (exact) mass is 745 g/mol. The van der Waals surface area contributed by atoms with Crippen LogP contribution in [0.4, 0.5) is 5.69 Å². The van der Waals surface area contributed by atoms with E-state index in [1.165, 1.54) is 29.2 Å². The van der Waals surface area contributed by atoms with Crippen molar-refractivity contribution in [2.24, 2.45) is 0 Å². The van der Waals surface area contributed by atoms with Crippen molar-refractivity contribution < 1.29 is 18.0 Å². The fraction of sp³-hybridized carbons (Fsp3) is 0.278. The highest BCUT2D eigenvalue weighted by molar-refractivity contribution is 7.92. The number of nitrogens with one attached hydrogen (secondary N) is 1. The molecular formula is C36H35Cl4N3O4S. The molecule has 48 heavy (non-hydrogen) atoms. The lowest BCUT2D eigenvalue weighted by Crippen LogP contribution is -2.55. The molecule has 7 nitrogen and oxygen atoms in total. The van der Waals surface area contributed by atoms with Gasteiger partial charge in [0.15, 0.2) is 0 Å². The van der Waals surface area contributed by atoms with Gasteiger partial charge >= 0.3 is 0 Å². The summed E-state index contributed by atoms with van der Waals surface area (Å²) in [5.74, 6) is -1.01. The minimum absolute atomic E-state index is 0.0170. The van der Waals surface area contributed by atoms with Gasteiger partial charge in [-0.2, -0.15) is 0 Å². The van der Waals surface area contributed by atoms with Crippen LogP contribution in [-0.2, 0) is 32.6 Å². The van der Waals surface area contributed by atoms with E-state index in [2.05, 4.69) is 5.32 Å². The fourth-order valence-electron chi connectivity index (χ4n) is 5.87. The number of rotatable bonds is 12. The standard InChI is InChI=1S/C36H35Cl4N3O4S/c37-29-18-10-19-30(38)28(29)23-42(33(22-25-12-4-1-5-13-25)36(45)41-26-14-6-2-7-15-26)34(44)24-43(32-21-11-20-31(39)35(32)40)48(46,47)27-16-8-3-9-17-27/h1,3-5,8-13,16-21,26,33H,2,6-7,14-15,22-24H2,(H,41,45)/t33-/m1/s1. The summed E-state index contributed by atoms with van der Waals surface area (Å²) in [6, 6.07) is 25.6. The van der Waals surface area contributed by atoms with Gasteiger partial charge < -0.3 is 10.2 Å². The summed E-state index contributed by atoms with van der Waals surface area (Å²) in [5.41, 5.74) is 1.26. The topological polar surface area (TPSA) is 86.8 Å². The van der Waals surface area contributed by atoms with E-state index in [1.54, 1.807) is 42.5 Å². The number of carbonyl (C=O) groups excluding carboxylic acids is 2. The lowest BCUT2D eigenvalue weighted by molar-refractivity contribution is -0.140. The Labute approximate surface area is 301 Å². The SMILES string of the molecule is O=C(NC1CCCCC1)[C@@H](Cc1ccccc1)N(Cc1c(Cl)cccc1Cl)C(=O)CN(c1cccc(Cl)c1Cl)S(=O)(=O)c1ccccc1. The first-order valence-corrected chi connectivity index (χ1v) is 18.6. The number of hydrogen-bond acceptors (Lipinski definition) is 4. The second-order valence-corrected chi connectivity index (χ2v) is 15.1. The minimum atomic E-state index is -4.35. The molecule has 5 rings (SSSR count). The average Bonchev–Trinajstić information content (AvgIpc) is 3.09. The summed E-state index contributed by atoms with van der Waals surface area (Å²) in [4.78, 5) is 30.3. The van der Waals surface area contributed by atoms with Crippen molar-refractivity contribution in [1.29, 1.82) is 0 Å². The first-order valence-electron chi connectivity index (χ1n) is 15.6. The van der Waals surface area contributed by atoms with Gasteiger partial charge in [-0.25, -0.2) is 8.42 Å². The van der Waals surface area contributed by atoms with Crippen LogP contribution in [-0.4, -0.2) is 43.8 Å². The Morgan fingerprint density at radius 3 is 1.98 bits per heavy atom. The van der Waals surface area contributed by atoms with Gasteiger partial charge in [0, 0.05) is 34.6 Å². The largest absolute Gasteiger partial charge is 0.352 e. The molecule has 4 aromatic carbocycles. The van der Waals surface area contributed by atoms with Crippen LogP contribution >= 0.6 is 46.4 Å². The van der Waals surface area contributed by atoms with E-state index >= 15 is 0 Å². The summed E-state index contributed by atoms with van der Waals surface area (Å²) < 4.78 is 29.3. The fourth-order valence-corrected chi connectivity index (χ4v) is 8.28. The van der Waals surface area contributed by atoms with Gasteiger partial charge in [-0.3, -0.25) is 13.9 Å². The third-order valence-electron chi connectivity index (χ3n) is 8.42. The molecule has 0 radical (unpaired) electrons. The maximum absolute atomic E-state index is 14.7. The molecule has 2 amide bonds. The molecule has 1 saturated carbocycles. The number of hydrogen-bond donors (Lipinski definition) is 1. The molecule has 0 bridgehead atoms. The number of anilines is 1. The summed E-state index contributed by atoms with van der Waals surface area (Å²) >= 11 is 26.1. The van der Waals surface area contributed by atoms with Gasteiger partial charge in [-0.05, 0) is 54.8 Å². The van der Waals surface area contributed by atoms with Crippen molar-refractivity contribution in [3.05, 3.63) is 128 Å². The first-order chi connectivity index (χ1) is 23.1. The van der Waals surface area contributed by atoms with Gasteiger partial charge in [0.2, 0.25) is 11.8 Å². The second kappa shape index (κ2) is 16.4. The lowest BCUT2D eigenvalue weighted by Gasteiger charge is -2.35. The predicted octanol–water partition coefficient (Wildman–Crippen LogP) is 8.58. The van der Waals surface area contributed by atoms with Gasteiger partial charge in [-0.1, -0.05) is 126 Å². The molecule has 1 fully saturated rings. The summed E-state index contributed by atoms with van der Waals surface area (Å²) in [7, 11) is -4.35. The van der Waals surface area contributed by atoms with Crippen LogP contribution < -0.4 is 9.62 Å². The second-order valence-electron chi connectivity index (χ2n) is 11.7. The zero-order valence-electron chi connectivity index (χ0n) is 26.0. The van der Waals surface area contributed by atoms with Crippen LogP contribution in [0.1, 0.15) is 43.2 Å². The number of sulfonamides is 1. The lowest BCUT2D eigenvalue weighted by atomic mass is 9.94. The molecule has 12 heteroatoms. The molecule has 4 aromatic rings. The maximum atomic E-state index is 14.7. The Kier molecular flexibility index (Phi) is 12.3. The number of nitrogens with zero attached hydrogens (tertiary/aromatic N) is 2. The zero-order valence-corrected chi connectivity index (χ0v) is 29.8. The molecule has 0 saturated heterocycles. The van der Waals surface area contributed by atoms with E-state index < -0.39 is 28.5 Å². The van der Waals surface area contributed by atoms with E-state index in [-0.39, 0.29) is 45.5 Å². The van der Waals surface area contributed by atoms with Crippen LogP contribution in [0.25, 0.3) is 0 Å². The summed E-state index contributed by atoms with van der Waals surface area (Å²) in [6.45, 7) is -0.850. The Balaban J connectivity index is 1.61. The summed E-state index contributed by atoms with van der Waals surface area (Å²) in [5, 5.41) is 3.86. The Bertz CT molecular complexity index is 1820. The zero-order chi connectivity index (χ0) is 34.3. The van der Waals surface area contributed by atoms with Crippen LogP contribution in [0.3, 0.4) is 0 Å². The van der Waals surface area contributed by atoms with Crippen LogP contribution in [0.5, 0.6) is 0 Å². The van der Waals surface area contributed by atoms with Crippen molar-refractivity contribution in [2.45, 2.75) is 62.0 Å².